The fourth-order valence-electron chi connectivity index (χ4n) is 3.72. The molecular formula is C24H28N2O6. The molecule has 0 bridgehead atoms. The summed E-state index contributed by atoms with van der Waals surface area (Å²) in [4.78, 5) is 29.6. The number of ether oxygens (including phenoxy) is 3. The van der Waals surface area contributed by atoms with Crippen molar-refractivity contribution in [2.24, 2.45) is 0 Å². The van der Waals surface area contributed by atoms with E-state index < -0.39 is 17.7 Å². The number of carbonyl (C=O) groups excluding carboxylic acids is 2. The Hall–Kier alpha value is -3.52. The van der Waals surface area contributed by atoms with Gasteiger partial charge in [0, 0.05) is 24.2 Å². The number of benzene rings is 2. The Bertz CT molecular complexity index is 1050. The minimum absolute atomic E-state index is 0.00596. The van der Waals surface area contributed by atoms with Crippen molar-refractivity contribution in [1.29, 1.82) is 0 Å². The molecule has 32 heavy (non-hydrogen) atoms. The molecule has 1 heterocycles. The van der Waals surface area contributed by atoms with Gasteiger partial charge < -0.3 is 29.1 Å². The van der Waals surface area contributed by atoms with E-state index in [9.17, 15) is 14.7 Å². The van der Waals surface area contributed by atoms with Gasteiger partial charge in [-0.3, -0.25) is 9.59 Å². The molecule has 0 unspecified atom stereocenters. The third kappa shape index (κ3) is 4.40. The van der Waals surface area contributed by atoms with Gasteiger partial charge in [0.2, 0.25) is 0 Å². The highest BCUT2D eigenvalue weighted by Gasteiger charge is 2.47. The van der Waals surface area contributed by atoms with Gasteiger partial charge in [0.05, 0.1) is 32.9 Å². The topological polar surface area (TPSA) is 88.5 Å². The van der Waals surface area contributed by atoms with Gasteiger partial charge in [-0.25, -0.2) is 0 Å². The van der Waals surface area contributed by atoms with Gasteiger partial charge in [-0.15, -0.1) is 0 Å². The number of likely N-dealkylation sites (N-methyl/N-ethyl adjacent to an activating group) is 1. The van der Waals surface area contributed by atoms with Gasteiger partial charge in [0.25, 0.3) is 11.7 Å². The molecule has 1 N–H and O–H groups in total. The molecular weight excluding hydrogens is 412 g/mol. The van der Waals surface area contributed by atoms with Gasteiger partial charge in [-0.2, -0.15) is 0 Å². The van der Waals surface area contributed by atoms with Crippen molar-refractivity contribution in [3.8, 4) is 17.2 Å². The van der Waals surface area contributed by atoms with Gasteiger partial charge in [0.1, 0.15) is 23.0 Å². The summed E-state index contributed by atoms with van der Waals surface area (Å²) in [5.41, 5.74) is 0.921. The molecule has 1 aliphatic heterocycles. The Kier molecular flexibility index (Phi) is 7.05. The number of Topliss-reactive ketones (excluding diaryl/α,β-unsaturated/α-hetero) is 1. The van der Waals surface area contributed by atoms with Gasteiger partial charge in [-0.1, -0.05) is 12.1 Å². The molecule has 0 radical (unpaired) electrons. The minimum atomic E-state index is -0.841. The number of carbonyl (C=O) groups is 2. The summed E-state index contributed by atoms with van der Waals surface area (Å²) < 4.78 is 16.1. The number of methoxy groups -OCH3 is 3. The minimum Gasteiger partial charge on any atom is -0.507 e. The average Bonchev–Trinajstić information content (AvgIpc) is 3.06. The lowest BCUT2D eigenvalue weighted by Crippen LogP contribution is -2.35. The summed E-state index contributed by atoms with van der Waals surface area (Å²) in [5.74, 6) is -0.162. The molecule has 8 heteroatoms. The molecule has 1 saturated heterocycles. The number of hydrogen-bond donors (Lipinski definition) is 1. The molecule has 1 amide bonds. The zero-order valence-corrected chi connectivity index (χ0v) is 18.9. The normalized spacial score (nSPS) is 17.7. The maximum Gasteiger partial charge on any atom is 0.295 e. The molecule has 1 fully saturated rings. The van der Waals surface area contributed by atoms with Crippen LogP contribution in [0.3, 0.4) is 0 Å². The molecule has 1 atom stereocenters. The van der Waals surface area contributed by atoms with E-state index in [0.29, 0.717) is 34.9 Å². The molecule has 0 aromatic heterocycles. The third-order valence-electron chi connectivity index (χ3n) is 5.40. The van der Waals surface area contributed by atoms with Crippen LogP contribution in [0.1, 0.15) is 17.2 Å². The summed E-state index contributed by atoms with van der Waals surface area (Å²) in [7, 11) is 8.33. The lowest BCUT2D eigenvalue weighted by molar-refractivity contribution is -0.140. The number of rotatable bonds is 8. The fraction of sp³-hybridized carbons (Fsp3) is 0.333. The second kappa shape index (κ2) is 9.74. The Labute approximate surface area is 187 Å². The van der Waals surface area contributed by atoms with E-state index in [0.717, 1.165) is 0 Å². The number of ketones is 1. The maximum atomic E-state index is 13.1. The molecule has 8 nitrogen and oxygen atoms in total. The number of nitrogens with zero attached hydrogens (tertiary/aromatic N) is 2. The van der Waals surface area contributed by atoms with Crippen molar-refractivity contribution in [2.45, 2.75) is 6.04 Å². The summed E-state index contributed by atoms with van der Waals surface area (Å²) in [6.07, 6.45) is 0. The van der Waals surface area contributed by atoms with E-state index in [1.54, 1.807) is 42.5 Å². The van der Waals surface area contributed by atoms with E-state index in [-0.39, 0.29) is 17.9 Å². The van der Waals surface area contributed by atoms with Crippen LogP contribution in [0, 0.1) is 0 Å². The van der Waals surface area contributed by atoms with E-state index >= 15 is 0 Å². The highest BCUT2D eigenvalue weighted by Crippen LogP contribution is 2.43. The van der Waals surface area contributed by atoms with Crippen LogP contribution < -0.4 is 14.2 Å². The first kappa shape index (κ1) is 23.1. The Morgan fingerprint density at radius 1 is 1.00 bits per heavy atom. The highest BCUT2D eigenvalue weighted by molar-refractivity contribution is 6.46. The largest absolute Gasteiger partial charge is 0.507 e. The first-order valence-corrected chi connectivity index (χ1v) is 10.1. The predicted molar refractivity (Wildman–Crippen MR) is 120 cm³/mol. The lowest BCUT2D eigenvalue weighted by atomic mass is 9.94. The van der Waals surface area contributed by atoms with E-state index in [4.69, 9.17) is 14.2 Å². The molecule has 3 rings (SSSR count). The van der Waals surface area contributed by atoms with Crippen molar-refractivity contribution in [1.82, 2.24) is 9.80 Å². The summed E-state index contributed by atoms with van der Waals surface area (Å²) in [6, 6.07) is 11.0. The van der Waals surface area contributed by atoms with Crippen LogP contribution in [-0.2, 0) is 9.59 Å². The van der Waals surface area contributed by atoms with Crippen LogP contribution in [0.5, 0.6) is 17.2 Å². The number of likely N-dealkylation sites (tertiary alicyclic amines) is 1. The lowest BCUT2D eigenvalue weighted by Gasteiger charge is -2.28. The monoisotopic (exact) mass is 440 g/mol. The van der Waals surface area contributed by atoms with Gasteiger partial charge in [-0.05, 0) is 44.4 Å². The molecule has 170 valence electrons. The van der Waals surface area contributed by atoms with Gasteiger partial charge in [0.15, 0.2) is 0 Å². The molecule has 0 spiro atoms. The van der Waals surface area contributed by atoms with Crippen molar-refractivity contribution >= 4 is 17.4 Å². The Morgan fingerprint density at radius 3 is 2.31 bits per heavy atom. The second-order valence-electron chi connectivity index (χ2n) is 7.64. The summed E-state index contributed by atoms with van der Waals surface area (Å²) in [6.45, 7) is 0.826. The average molecular weight is 440 g/mol. The molecule has 2 aromatic carbocycles. The summed E-state index contributed by atoms with van der Waals surface area (Å²) in [5, 5.41) is 11.2. The standard InChI is InChI=1S/C24H28N2O6/c1-25(2)11-12-26-21(18-14-17(31-4)9-10-19(18)32-5)20(23(28)24(26)29)22(27)15-7-6-8-16(13-15)30-3/h6-10,13-14,21,27H,11-12H2,1-5H3/t21-/m0/s1. The Balaban J connectivity index is 2.24. The molecule has 2 aromatic rings. The van der Waals surface area contributed by atoms with E-state index in [1.807, 2.05) is 19.0 Å². The van der Waals surface area contributed by atoms with Crippen LogP contribution in [0.2, 0.25) is 0 Å². The van der Waals surface area contributed by atoms with Crippen molar-refractivity contribution in [2.75, 3.05) is 48.5 Å². The molecule has 0 saturated carbocycles. The zero-order chi connectivity index (χ0) is 23.4. The van der Waals surface area contributed by atoms with E-state index in [2.05, 4.69) is 0 Å². The molecule has 0 aliphatic carbocycles. The van der Waals surface area contributed by atoms with Crippen molar-refractivity contribution in [3.05, 3.63) is 59.2 Å². The first-order chi connectivity index (χ1) is 15.3. The Morgan fingerprint density at radius 2 is 1.69 bits per heavy atom. The quantitative estimate of drug-likeness (QED) is 0.384. The second-order valence-corrected chi connectivity index (χ2v) is 7.64. The maximum absolute atomic E-state index is 13.1. The zero-order valence-electron chi connectivity index (χ0n) is 18.9. The van der Waals surface area contributed by atoms with Crippen molar-refractivity contribution < 1.29 is 28.9 Å². The van der Waals surface area contributed by atoms with Crippen LogP contribution in [0.4, 0.5) is 0 Å². The number of hydrogen-bond acceptors (Lipinski definition) is 7. The number of aliphatic hydroxyl groups is 1. The number of aliphatic hydroxyl groups excluding tert-OH is 1. The van der Waals surface area contributed by atoms with Crippen molar-refractivity contribution in [3.63, 3.8) is 0 Å². The number of amides is 1. The molecule has 1 aliphatic rings. The first-order valence-electron chi connectivity index (χ1n) is 10.1. The third-order valence-corrected chi connectivity index (χ3v) is 5.40. The summed E-state index contributed by atoms with van der Waals surface area (Å²) >= 11 is 0. The van der Waals surface area contributed by atoms with Crippen LogP contribution in [-0.4, -0.2) is 75.1 Å². The van der Waals surface area contributed by atoms with Crippen LogP contribution in [0.15, 0.2) is 48.0 Å². The fourth-order valence-corrected chi connectivity index (χ4v) is 3.72. The van der Waals surface area contributed by atoms with Crippen LogP contribution in [0.25, 0.3) is 5.76 Å². The highest BCUT2D eigenvalue weighted by atomic mass is 16.5. The van der Waals surface area contributed by atoms with Crippen LogP contribution >= 0.6 is 0 Å². The van der Waals surface area contributed by atoms with Gasteiger partial charge >= 0.3 is 0 Å². The predicted octanol–water partition coefficient (Wildman–Crippen LogP) is 2.70. The smallest absolute Gasteiger partial charge is 0.295 e. The van der Waals surface area contributed by atoms with E-state index in [1.165, 1.54) is 26.2 Å². The SMILES string of the molecule is COc1cccc(C(O)=C2C(=O)C(=O)N(CCN(C)C)[C@H]2c2cc(OC)ccc2OC)c1.